The maximum atomic E-state index is 13.4. The summed E-state index contributed by atoms with van der Waals surface area (Å²) in [6, 6.07) is 18.6. The number of nitrogens with two attached hydrogens (primary N) is 1. The Morgan fingerprint density at radius 1 is 0.950 bits per heavy atom. The van der Waals surface area contributed by atoms with Crippen molar-refractivity contribution < 1.29 is 9.13 Å². The van der Waals surface area contributed by atoms with Crippen LogP contribution in [-0.2, 0) is 6.61 Å². The number of hydrogen-bond acceptors (Lipinski definition) is 2. The second-order valence-electron chi connectivity index (χ2n) is 4.61. The Labute approximate surface area is 116 Å². The zero-order valence-electron chi connectivity index (χ0n) is 10.8. The van der Waals surface area contributed by atoms with Gasteiger partial charge in [0.15, 0.2) is 0 Å². The predicted molar refractivity (Wildman–Crippen MR) is 79.1 cm³/mol. The highest BCUT2D eigenvalue weighted by Gasteiger charge is 2.04. The Hall–Kier alpha value is -2.55. The van der Waals surface area contributed by atoms with Crippen molar-refractivity contribution in [3.8, 4) is 5.75 Å². The van der Waals surface area contributed by atoms with Crippen LogP contribution in [0.15, 0.2) is 60.7 Å². The van der Waals surface area contributed by atoms with E-state index < -0.39 is 5.82 Å². The molecule has 0 saturated carbocycles. The number of benzene rings is 3. The van der Waals surface area contributed by atoms with Crippen molar-refractivity contribution in [3.05, 3.63) is 72.0 Å². The second-order valence-corrected chi connectivity index (χ2v) is 4.61. The average molecular weight is 267 g/mol. The molecule has 3 rings (SSSR count). The van der Waals surface area contributed by atoms with Crippen LogP contribution in [-0.4, -0.2) is 0 Å². The van der Waals surface area contributed by atoms with E-state index >= 15 is 0 Å². The molecule has 0 bridgehead atoms. The highest BCUT2D eigenvalue weighted by molar-refractivity contribution is 5.85. The standard InChI is InChI=1S/C17H14FNO/c18-16-10-14(8-9-17(16)19)20-11-13-6-3-5-12-4-1-2-7-15(12)13/h1-10H,11,19H2. The summed E-state index contributed by atoms with van der Waals surface area (Å²) in [4.78, 5) is 0. The van der Waals surface area contributed by atoms with Crippen molar-refractivity contribution in [2.24, 2.45) is 0 Å². The topological polar surface area (TPSA) is 35.2 Å². The van der Waals surface area contributed by atoms with Crippen molar-refractivity contribution in [1.29, 1.82) is 0 Å². The Bertz CT molecular complexity index is 750. The van der Waals surface area contributed by atoms with E-state index in [1.165, 1.54) is 12.1 Å². The minimum absolute atomic E-state index is 0.127. The maximum Gasteiger partial charge on any atom is 0.149 e. The molecule has 0 fully saturated rings. The van der Waals surface area contributed by atoms with Crippen LogP contribution in [0, 0.1) is 5.82 Å². The van der Waals surface area contributed by atoms with Gasteiger partial charge in [-0.15, -0.1) is 0 Å². The number of fused-ring (bicyclic) bond motifs is 1. The van der Waals surface area contributed by atoms with Gasteiger partial charge in [0.1, 0.15) is 18.2 Å². The minimum Gasteiger partial charge on any atom is -0.489 e. The first-order chi connectivity index (χ1) is 9.74. The molecule has 0 radical (unpaired) electrons. The molecule has 0 saturated heterocycles. The maximum absolute atomic E-state index is 13.4. The zero-order valence-corrected chi connectivity index (χ0v) is 10.8. The van der Waals surface area contributed by atoms with Gasteiger partial charge in [0.05, 0.1) is 5.69 Å². The summed E-state index contributed by atoms with van der Waals surface area (Å²) in [5.74, 6) is 0.0186. The van der Waals surface area contributed by atoms with Crippen molar-refractivity contribution in [2.45, 2.75) is 6.61 Å². The molecule has 2 N–H and O–H groups in total. The van der Waals surface area contributed by atoms with Crippen LogP contribution in [0.3, 0.4) is 0 Å². The van der Waals surface area contributed by atoms with Crippen molar-refractivity contribution >= 4 is 16.5 Å². The summed E-state index contributed by atoms with van der Waals surface area (Å²) < 4.78 is 19.0. The molecule has 0 aromatic heterocycles. The lowest BCUT2D eigenvalue weighted by molar-refractivity contribution is 0.306. The van der Waals surface area contributed by atoms with Gasteiger partial charge >= 0.3 is 0 Å². The van der Waals surface area contributed by atoms with Crippen LogP contribution in [0.1, 0.15) is 5.56 Å². The van der Waals surface area contributed by atoms with Crippen LogP contribution < -0.4 is 10.5 Å². The molecular formula is C17H14FNO. The lowest BCUT2D eigenvalue weighted by Gasteiger charge is -2.09. The molecule has 0 atom stereocenters. The molecule has 3 aromatic carbocycles. The van der Waals surface area contributed by atoms with Gasteiger partial charge in [-0.1, -0.05) is 42.5 Å². The van der Waals surface area contributed by atoms with Crippen molar-refractivity contribution in [2.75, 3.05) is 5.73 Å². The van der Waals surface area contributed by atoms with Gasteiger partial charge in [-0.3, -0.25) is 0 Å². The number of rotatable bonds is 3. The number of nitrogen functional groups attached to an aromatic ring is 1. The van der Waals surface area contributed by atoms with Crippen molar-refractivity contribution in [1.82, 2.24) is 0 Å². The molecule has 0 aliphatic heterocycles. The van der Waals surface area contributed by atoms with Gasteiger partial charge in [0.2, 0.25) is 0 Å². The molecule has 2 nitrogen and oxygen atoms in total. The van der Waals surface area contributed by atoms with Crippen LogP contribution >= 0.6 is 0 Å². The fourth-order valence-corrected chi connectivity index (χ4v) is 2.18. The first kappa shape index (κ1) is 12.5. The van der Waals surface area contributed by atoms with E-state index in [2.05, 4.69) is 18.2 Å². The first-order valence-corrected chi connectivity index (χ1v) is 6.38. The summed E-state index contributed by atoms with van der Waals surface area (Å²) in [5, 5.41) is 2.31. The summed E-state index contributed by atoms with van der Waals surface area (Å²) >= 11 is 0. The van der Waals surface area contributed by atoms with E-state index in [0.717, 1.165) is 16.3 Å². The number of halogens is 1. The van der Waals surface area contributed by atoms with E-state index in [1.54, 1.807) is 6.07 Å². The third-order valence-electron chi connectivity index (χ3n) is 3.25. The molecule has 0 aliphatic carbocycles. The van der Waals surface area contributed by atoms with E-state index in [-0.39, 0.29) is 5.69 Å². The zero-order chi connectivity index (χ0) is 13.9. The summed E-state index contributed by atoms with van der Waals surface area (Å²) in [6.07, 6.45) is 0. The monoisotopic (exact) mass is 267 g/mol. The lowest BCUT2D eigenvalue weighted by Crippen LogP contribution is -1.98. The minimum atomic E-state index is -0.458. The van der Waals surface area contributed by atoms with E-state index in [9.17, 15) is 4.39 Å². The van der Waals surface area contributed by atoms with Gasteiger partial charge in [-0.05, 0) is 28.5 Å². The molecule has 3 heteroatoms. The molecular weight excluding hydrogens is 253 g/mol. The number of anilines is 1. The fraction of sp³-hybridized carbons (Fsp3) is 0.0588. The highest BCUT2D eigenvalue weighted by atomic mass is 19.1. The van der Waals surface area contributed by atoms with Crippen LogP contribution in [0.25, 0.3) is 10.8 Å². The van der Waals surface area contributed by atoms with E-state index in [1.807, 2.05) is 24.3 Å². The third-order valence-corrected chi connectivity index (χ3v) is 3.25. The van der Waals surface area contributed by atoms with Crippen LogP contribution in [0.4, 0.5) is 10.1 Å². The van der Waals surface area contributed by atoms with Gasteiger partial charge in [0.25, 0.3) is 0 Å². The normalized spacial score (nSPS) is 10.7. The molecule has 0 unspecified atom stereocenters. The molecule has 100 valence electrons. The Morgan fingerprint density at radius 2 is 1.75 bits per heavy atom. The molecule has 0 amide bonds. The average Bonchev–Trinajstić information content (AvgIpc) is 2.48. The Morgan fingerprint density at radius 3 is 2.60 bits per heavy atom. The van der Waals surface area contributed by atoms with Crippen LogP contribution in [0.2, 0.25) is 0 Å². The molecule has 20 heavy (non-hydrogen) atoms. The molecule has 3 aromatic rings. The summed E-state index contributed by atoms with van der Waals surface area (Å²) in [7, 11) is 0. The second kappa shape index (κ2) is 5.21. The Balaban J connectivity index is 1.85. The quantitative estimate of drug-likeness (QED) is 0.724. The van der Waals surface area contributed by atoms with Crippen LogP contribution in [0.5, 0.6) is 5.75 Å². The summed E-state index contributed by atoms with van der Waals surface area (Å²) in [6.45, 7) is 0.394. The van der Waals surface area contributed by atoms with E-state index in [0.29, 0.717) is 12.4 Å². The molecule has 0 spiro atoms. The molecule has 0 heterocycles. The van der Waals surface area contributed by atoms with Gasteiger partial charge in [0, 0.05) is 6.07 Å². The highest BCUT2D eigenvalue weighted by Crippen LogP contribution is 2.22. The van der Waals surface area contributed by atoms with Crippen molar-refractivity contribution in [3.63, 3.8) is 0 Å². The largest absolute Gasteiger partial charge is 0.489 e. The Kier molecular flexibility index (Phi) is 3.25. The SMILES string of the molecule is Nc1ccc(OCc2cccc3ccccc23)cc1F. The van der Waals surface area contributed by atoms with Gasteiger partial charge in [-0.2, -0.15) is 0 Å². The molecule has 0 aliphatic rings. The number of hydrogen-bond donors (Lipinski definition) is 1. The lowest BCUT2D eigenvalue weighted by atomic mass is 10.1. The first-order valence-electron chi connectivity index (χ1n) is 6.38. The van der Waals surface area contributed by atoms with Gasteiger partial charge in [-0.25, -0.2) is 4.39 Å². The smallest absolute Gasteiger partial charge is 0.149 e. The van der Waals surface area contributed by atoms with Gasteiger partial charge < -0.3 is 10.5 Å². The predicted octanol–water partition coefficient (Wildman–Crippen LogP) is 4.14. The number of ether oxygens (including phenoxy) is 1. The summed E-state index contributed by atoms with van der Waals surface area (Å²) in [5.41, 5.74) is 6.64. The fourth-order valence-electron chi connectivity index (χ4n) is 2.18. The van der Waals surface area contributed by atoms with E-state index in [4.69, 9.17) is 10.5 Å². The third kappa shape index (κ3) is 2.43.